The van der Waals surface area contributed by atoms with Gasteiger partial charge in [0.1, 0.15) is 54.4 Å². The first-order valence-electron chi connectivity index (χ1n) is 25.3. The Bertz CT molecular complexity index is 2320. The van der Waals surface area contributed by atoms with Gasteiger partial charge in [-0.2, -0.15) is 0 Å². The molecule has 0 fully saturated rings. The summed E-state index contributed by atoms with van der Waals surface area (Å²) in [7, 11) is 0. The molecule has 0 bridgehead atoms. The molecule has 0 radical (unpaired) electrons. The third-order valence-corrected chi connectivity index (χ3v) is 10.7. The van der Waals surface area contributed by atoms with Crippen molar-refractivity contribution in [2.45, 2.75) is 136 Å². The van der Waals surface area contributed by atoms with Gasteiger partial charge in [-0.3, -0.25) is 76.7 Å². The molecule has 0 spiro atoms. The number of hydrogen-bond acceptors (Lipinski definition) is 18. The van der Waals surface area contributed by atoms with Gasteiger partial charge in [0, 0.05) is 6.92 Å². The lowest BCUT2D eigenvalue weighted by molar-refractivity contribution is -0.142. The Labute approximate surface area is 465 Å². The molecule has 0 heterocycles. The van der Waals surface area contributed by atoms with Crippen LogP contribution < -0.4 is 90.8 Å². The second-order valence-corrected chi connectivity index (χ2v) is 18.2. The molecule has 0 unspecified atom stereocenters. The van der Waals surface area contributed by atoms with Crippen LogP contribution in [0.2, 0.25) is 0 Å². The number of aliphatic carboxylic acids is 1. The minimum atomic E-state index is -1.26. The van der Waals surface area contributed by atoms with E-state index in [0.29, 0.717) is 19.4 Å². The lowest BCUT2D eigenvalue weighted by Gasteiger charge is -2.19. The van der Waals surface area contributed by atoms with Gasteiger partial charge in [0.05, 0.1) is 45.8 Å². The highest BCUT2D eigenvalue weighted by Crippen LogP contribution is 2.02. The summed E-state index contributed by atoms with van der Waals surface area (Å²) in [6.45, 7) is 7.59. The van der Waals surface area contributed by atoms with Gasteiger partial charge in [0.15, 0.2) is 0 Å². The fourth-order valence-electron chi connectivity index (χ4n) is 6.17. The molecule has 81 heavy (non-hydrogen) atoms. The largest absolute Gasteiger partial charge is 0.480 e. The summed E-state index contributed by atoms with van der Waals surface area (Å²) in [4.78, 5) is 208. The molecule has 0 aromatic heterocycles. The van der Waals surface area contributed by atoms with Crippen molar-refractivity contribution in [3.05, 3.63) is 0 Å². The van der Waals surface area contributed by atoms with Crippen LogP contribution in [0.4, 0.5) is 0 Å². The van der Waals surface area contributed by atoms with Gasteiger partial charge in [-0.1, -0.05) is 0 Å². The van der Waals surface area contributed by atoms with Crippen LogP contribution in [0.15, 0.2) is 0 Å². The fraction of sp³-hybridized carbons (Fsp3) is 0.630. The molecule has 0 aromatic rings. The topological polar surface area (TPSA) is 529 Å². The first-order valence-corrected chi connectivity index (χ1v) is 25.3. The number of unbranched alkanes of at least 4 members (excludes halogenated alkanes) is 1. The van der Waals surface area contributed by atoms with E-state index in [1.54, 1.807) is 0 Å². The van der Waals surface area contributed by atoms with E-state index in [4.69, 9.17) is 5.73 Å². The Morgan fingerprint density at radius 2 is 0.506 bits per heavy atom. The summed E-state index contributed by atoms with van der Waals surface area (Å²) in [6.07, 6.45) is 1.14. The summed E-state index contributed by atoms with van der Waals surface area (Å²) in [6, 6.07) is -10.5. The van der Waals surface area contributed by atoms with Crippen molar-refractivity contribution in [2.75, 3.05) is 52.4 Å². The van der Waals surface area contributed by atoms with Crippen molar-refractivity contribution < 1.29 is 86.6 Å². The Morgan fingerprint density at radius 3 is 0.691 bits per heavy atom. The maximum Gasteiger partial charge on any atom is 0.326 e. The Balaban J connectivity index is 4.56. The molecule has 0 aliphatic heterocycles. The summed E-state index contributed by atoms with van der Waals surface area (Å²) in [5.74, 6) is -13.8. The number of hydrogen-bond donors (Lipinski definition) is 18. The lowest BCUT2D eigenvalue weighted by atomic mass is 10.1. The monoisotopic (exact) mass is 1160 g/mol. The molecule has 0 saturated carbocycles. The minimum absolute atomic E-state index is 0.129. The Hall–Kier alpha value is -9.05. The van der Waals surface area contributed by atoms with E-state index in [2.05, 4.69) is 85.1 Å². The first-order chi connectivity index (χ1) is 37.8. The van der Waals surface area contributed by atoms with Crippen LogP contribution in [0.1, 0.15) is 81.6 Å². The predicted octanol–water partition coefficient (Wildman–Crippen LogP) is -10.4. The summed E-state index contributed by atoms with van der Waals surface area (Å²) in [5, 5.41) is 45.8. The highest BCUT2D eigenvalue weighted by molar-refractivity contribution is 5.98. The van der Waals surface area contributed by atoms with Crippen LogP contribution in [0.5, 0.6) is 0 Å². The molecule has 0 aromatic carbocycles. The van der Waals surface area contributed by atoms with Crippen LogP contribution >= 0.6 is 0 Å². The van der Waals surface area contributed by atoms with Gasteiger partial charge in [-0.05, 0) is 81.2 Å². The normalized spacial score (nSPS) is 13.8. The van der Waals surface area contributed by atoms with Crippen molar-refractivity contribution in [2.24, 2.45) is 5.73 Å². The van der Waals surface area contributed by atoms with Crippen molar-refractivity contribution in [1.29, 1.82) is 0 Å². The fourth-order valence-corrected chi connectivity index (χ4v) is 6.17. The molecular weight excluding hydrogens is 1080 g/mol. The van der Waals surface area contributed by atoms with Gasteiger partial charge in [0.25, 0.3) is 0 Å². The smallest absolute Gasteiger partial charge is 0.326 e. The average Bonchev–Trinajstić information content (AvgIpc) is 3.39. The molecule has 9 atom stereocenters. The predicted molar refractivity (Wildman–Crippen MR) is 280 cm³/mol. The zero-order chi connectivity index (χ0) is 62.1. The van der Waals surface area contributed by atoms with Crippen LogP contribution in [0, 0.1) is 0 Å². The summed E-state index contributed by atoms with van der Waals surface area (Å²) in [5.41, 5.74) is 5.41. The minimum Gasteiger partial charge on any atom is -0.480 e. The first kappa shape index (κ1) is 72.0. The number of nitrogens with one attached hydrogen (secondary N) is 16. The quantitative estimate of drug-likeness (QED) is 0.0259. The Morgan fingerprint density at radius 1 is 0.309 bits per heavy atom. The molecule has 0 aliphatic rings. The van der Waals surface area contributed by atoms with Crippen molar-refractivity contribution in [3.63, 3.8) is 0 Å². The molecule has 0 rings (SSSR count). The van der Waals surface area contributed by atoms with Crippen molar-refractivity contribution in [1.82, 2.24) is 85.1 Å². The number of carbonyl (C=O) groups is 17. The maximum absolute atomic E-state index is 12.5. The van der Waals surface area contributed by atoms with E-state index in [1.807, 2.05) is 0 Å². The molecule has 16 amide bonds. The van der Waals surface area contributed by atoms with Gasteiger partial charge in [-0.25, -0.2) is 4.79 Å². The van der Waals surface area contributed by atoms with Crippen LogP contribution in [0.25, 0.3) is 0 Å². The third-order valence-electron chi connectivity index (χ3n) is 10.7. The van der Waals surface area contributed by atoms with Gasteiger partial charge < -0.3 is 95.9 Å². The molecular formula is C46H77N17O18. The van der Waals surface area contributed by atoms with Crippen LogP contribution in [0.3, 0.4) is 0 Å². The number of amides is 16. The lowest BCUT2D eigenvalue weighted by Crippen LogP contribution is -2.54. The second kappa shape index (κ2) is 37.7. The summed E-state index contributed by atoms with van der Waals surface area (Å²) >= 11 is 0. The van der Waals surface area contributed by atoms with Crippen LogP contribution in [-0.2, 0) is 81.5 Å². The summed E-state index contributed by atoms with van der Waals surface area (Å²) < 4.78 is 0. The van der Waals surface area contributed by atoms with E-state index in [-0.39, 0.29) is 6.42 Å². The average molecular weight is 1160 g/mol. The molecule has 0 saturated heterocycles. The molecule has 19 N–H and O–H groups in total. The van der Waals surface area contributed by atoms with Crippen molar-refractivity contribution in [3.8, 4) is 0 Å². The number of carbonyl (C=O) groups excluding carboxylic acids is 16. The number of carboxylic acids is 1. The standard InChI is InChI=1S/C46H77N17O18/c1-21(55-29(9)64)38(72)48-14-31(65)56-22(2)39(73)49-15-32(66)57-23(3)40(74)50-16-33(67)58-24(4)41(75)51-17-34(68)59-25(5)42(76)52-18-35(69)60-26(6)43(77)53-19-36(70)61-27(7)44(78)54-20-37(71)62-28(8)45(79)63-30(46(80)81)12-10-11-13-47/h21-28,30H,10-20,47H2,1-9H3,(H,48,72)(H,49,73)(H,50,74)(H,51,75)(H,52,76)(H,53,77)(H,54,78)(H,55,64)(H,56,65)(H,57,66)(H,58,67)(H,59,68)(H,60,69)(H,61,70)(H,62,71)(H,63,79)(H,80,81)/t21-,22-,23-,24-,25-,26-,27-,28-,30-/m0/s1. The number of nitrogens with two attached hydrogens (primary N) is 1. The highest BCUT2D eigenvalue weighted by atomic mass is 16.4. The maximum atomic E-state index is 12.5. The number of carboxylic acid groups (broad SMARTS) is 1. The highest BCUT2D eigenvalue weighted by Gasteiger charge is 2.27. The van der Waals surface area contributed by atoms with E-state index < -0.39 is 201 Å². The SMILES string of the molecule is CC(=O)N[C@@H](C)C(=O)NCC(=O)N[C@@H](C)C(=O)NCC(=O)N[C@@H](C)C(=O)NCC(=O)N[C@@H](C)C(=O)NCC(=O)N[C@@H](C)C(=O)NCC(=O)N[C@@H](C)C(=O)NCC(=O)N[C@@H](C)C(=O)NCC(=O)N[C@@H](C)C(=O)N[C@@H](CCCCN)C(=O)O. The molecule has 35 heteroatoms. The zero-order valence-corrected chi connectivity index (χ0v) is 46.4. The molecule has 454 valence electrons. The van der Waals surface area contributed by atoms with E-state index >= 15 is 0 Å². The van der Waals surface area contributed by atoms with Crippen LogP contribution in [-0.4, -0.2) is 212 Å². The molecule has 0 aliphatic carbocycles. The Kier molecular flexibility index (Phi) is 33.5. The van der Waals surface area contributed by atoms with Gasteiger partial charge >= 0.3 is 5.97 Å². The van der Waals surface area contributed by atoms with E-state index in [1.165, 1.54) is 62.3 Å². The van der Waals surface area contributed by atoms with Gasteiger partial charge in [0.2, 0.25) is 94.5 Å². The van der Waals surface area contributed by atoms with Crippen molar-refractivity contribution >= 4 is 100 Å². The zero-order valence-electron chi connectivity index (χ0n) is 46.4. The van der Waals surface area contributed by atoms with E-state index in [9.17, 15) is 86.6 Å². The second-order valence-electron chi connectivity index (χ2n) is 18.2. The van der Waals surface area contributed by atoms with Gasteiger partial charge in [-0.15, -0.1) is 0 Å². The third kappa shape index (κ3) is 31.8. The molecule has 35 nitrogen and oxygen atoms in total. The van der Waals surface area contributed by atoms with E-state index in [0.717, 1.165) is 0 Å². The number of rotatable bonds is 36.